The van der Waals surface area contributed by atoms with Crippen LogP contribution in [0.4, 0.5) is 11.4 Å². The van der Waals surface area contributed by atoms with E-state index in [2.05, 4.69) is 6.07 Å². The van der Waals surface area contributed by atoms with Gasteiger partial charge in [-0.15, -0.1) is 11.3 Å². The summed E-state index contributed by atoms with van der Waals surface area (Å²) in [6, 6.07) is 9.31. The smallest absolute Gasteiger partial charge is 0.338 e. The molecule has 0 spiro atoms. The summed E-state index contributed by atoms with van der Waals surface area (Å²) in [4.78, 5) is 15.0. The van der Waals surface area contributed by atoms with E-state index in [-0.39, 0.29) is 5.97 Å². The van der Waals surface area contributed by atoms with Crippen LogP contribution in [0.25, 0.3) is 0 Å². The Balaban J connectivity index is 2.21. The third-order valence-corrected chi connectivity index (χ3v) is 3.79. The number of anilines is 2. The molecule has 0 aliphatic carbocycles. The van der Waals surface area contributed by atoms with Crippen LogP contribution in [0.1, 0.15) is 22.2 Å². The van der Waals surface area contributed by atoms with Crippen LogP contribution in [0.3, 0.4) is 0 Å². The molecule has 0 radical (unpaired) electrons. The van der Waals surface area contributed by atoms with Gasteiger partial charge in [-0.05, 0) is 36.6 Å². The second kappa shape index (κ2) is 6.43. The number of esters is 1. The number of thiophene rings is 1. The molecule has 5 heteroatoms. The molecule has 106 valence electrons. The van der Waals surface area contributed by atoms with Crippen LogP contribution in [-0.4, -0.2) is 19.6 Å². The van der Waals surface area contributed by atoms with Crippen LogP contribution in [0.5, 0.6) is 0 Å². The van der Waals surface area contributed by atoms with E-state index in [9.17, 15) is 4.79 Å². The Morgan fingerprint density at radius 2 is 2.20 bits per heavy atom. The molecule has 0 bridgehead atoms. The molecule has 2 aromatic rings. The van der Waals surface area contributed by atoms with Gasteiger partial charge < -0.3 is 15.4 Å². The van der Waals surface area contributed by atoms with E-state index < -0.39 is 0 Å². The van der Waals surface area contributed by atoms with Gasteiger partial charge >= 0.3 is 5.97 Å². The maximum absolute atomic E-state index is 11.8. The molecule has 0 saturated heterocycles. The number of hydrogen-bond donors (Lipinski definition) is 1. The first-order chi connectivity index (χ1) is 9.61. The molecule has 1 aromatic heterocycles. The number of carbonyl (C=O) groups is 1. The largest absolute Gasteiger partial charge is 0.462 e. The zero-order valence-electron chi connectivity index (χ0n) is 11.6. The Hall–Kier alpha value is -2.01. The molecule has 2 N–H and O–H groups in total. The number of nitrogen functional groups attached to an aromatic ring is 1. The lowest BCUT2D eigenvalue weighted by Gasteiger charge is -2.21. The summed E-state index contributed by atoms with van der Waals surface area (Å²) in [6.07, 6.45) is 0. The minimum Gasteiger partial charge on any atom is -0.462 e. The van der Waals surface area contributed by atoms with E-state index >= 15 is 0 Å². The molecule has 0 atom stereocenters. The van der Waals surface area contributed by atoms with E-state index in [1.165, 1.54) is 4.88 Å². The van der Waals surface area contributed by atoms with Crippen LogP contribution < -0.4 is 10.6 Å². The third-order valence-electron chi connectivity index (χ3n) is 2.93. The average Bonchev–Trinajstić information content (AvgIpc) is 2.92. The van der Waals surface area contributed by atoms with Gasteiger partial charge in [-0.3, -0.25) is 0 Å². The summed E-state index contributed by atoms with van der Waals surface area (Å²) < 4.78 is 5.01. The first kappa shape index (κ1) is 14.4. The Labute approximate surface area is 122 Å². The molecule has 0 aliphatic rings. The molecular weight excluding hydrogens is 272 g/mol. The fourth-order valence-corrected chi connectivity index (χ4v) is 2.69. The normalized spacial score (nSPS) is 10.3. The molecule has 2 rings (SSSR count). The fraction of sp³-hybridized carbons (Fsp3) is 0.267. The molecule has 0 unspecified atom stereocenters. The first-order valence-corrected chi connectivity index (χ1v) is 7.30. The summed E-state index contributed by atoms with van der Waals surface area (Å²) in [5.74, 6) is -0.321. The third kappa shape index (κ3) is 3.30. The summed E-state index contributed by atoms with van der Waals surface area (Å²) in [5, 5.41) is 2.04. The number of hydrogen-bond acceptors (Lipinski definition) is 5. The molecule has 1 heterocycles. The highest BCUT2D eigenvalue weighted by atomic mass is 32.1. The zero-order valence-corrected chi connectivity index (χ0v) is 12.4. The molecule has 20 heavy (non-hydrogen) atoms. The van der Waals surface area contributed by atoms with Crippen molar-refractivity contribution in [3.05, 3.63) is 46.2 Å². The predicted molar refractivity (Wildman–Crippen MR) is 83.2 cm³/mol. The van der Waals surface area contributed by atoms with E-state index in [0.717, 1.165) is 12.2 Å². The van der Waals surface area contributed by atoms with E-state index in [1.54, 1.807) is 36.5 Å². The van der Waals surface area contributed by atoms with Crippen LogP contribution in [0, 0.1) is 0 Å². The summed E-state index contributed by atoms with van der Waals surface area (Å²) in [7, 11) is 1.96. The van der Waals surface area contributed by atoms with Crippen LogP contribution in [0.15, 0.2) is 35.7 Å². The number of rotatable bonds is 5. The number of benzene rings is 1. The van der Waals surface area contributed by atoms with Gasteiger partial charge in [0.05, 0.1) is 30.1 Å². The van der Waals surface area contributed by atoms with Gasteiger partial charge in [-0.25, -0.2) is 4.79 Å². The highest BCUT2D eigenvalue weighted by Crippen LogP contribution is 2.26. The lowest BCUT2D eigenvalue weighted by molar-refractivity contribution is 0.0526. The van der Waals surface area contributed by atoms with Crippen molar-refractivity contribution in [3.63, 3.8) is 0 Å². The minimum absolute atomic E-state index is 0.321. The van der Waals surface area contributed by atoms with Gasteiger partial charge in [-0.1, -0.05) is 6.07 Å². The zero-order chi connectivity index (χ0) is 14.5. The van der Waals surface area contributed by atoms with E-state index in [4.69, 9.17) is 10.5 Å². The van der Waals surface area contributed by atoms with Gasteiger partial charge in [0.2, 0.25) is 0 Å². The van der Waals surface area contributed by atoms with E-state index in [1.807, 2.05) is 23.4 Å². The summed E-state index contributed by atoms with van der Waals surface area (Å²) in [5.41, 5.74) is 8.01. The lowest BCUT2D eigenvalue weighted by atomic mass is 10.1. The van der Waals surface area contributed by atoms with E-state index in [0.29, 0.717) is 17.9 Å². The van der Waals surface area contributed by atoms with Crippen molar-refractivity contribution in [2.45, 2.75) is 13.5 Å². The number of carbonyl (C=O) groups excluding carboxylic acids is 1. The quantitative estimate of drug-likeness (QED) is 0.679. The van der Waals surface area contributed by atoms with Crippen LogP contribution >= 0.6 is 11.3 Å². The van der Waals surface area contributed by atoms with Gasteiger partial charge in [0.1, 0.15) is 0 Å². The van der Waals surface area contributed by atoms with Crippen molar-refractivity contribution >= 4 is 28.7 Å². The van der Waals surface area contributed by atoms with Gasteiger partial charge in [0.15, 0.2) is 0 Å². The lowest BCUT2D eigenvalue weighted by Crippen LogP contribution is -2.18. The highest BCUT2D eigenvalue weighted by molar-refractivity contribution is 7.09. The maximum atomic E-state index is 11.8. The average molecular weight is 290 g/mol. The fourth-order valence-electron chi connectivity index (χ4n) is 1.94. The molecule has 0 aliphatic heterocycles. The van der Waals surface area contributed by atoms with Gasteiger partial charge in [0.25, 0.3) is 0 Å². The second-order valence-corrected chi connectivity index (χ2v) is 5.46. The standard InChI is InChI=1S/C15H18N2O2S/c1-3-19-15(18)11-6-7-13(16)14(9-11)17(2)10-12-5-4-8-20-12/h4-9H,3,10,16H2,1-2H3. The topological polar surface area (TPSA) is 55.6 Å². The molecule has 0 saturated carbocycles. The van der Waals surface area contributed by atoms with Crippen molar-refractivity contribution < 1.29 is 9.53 Å². The molecule has 4 nitrogen and oxygen atoms in total. The first-order valence-electron chi connectivity index (χ1n) is 6.42. The van der Waals surface area contributed by atoms with Gasteiger partial charge in [-0.2, -0.15) is 0 Å². The second-order valence-electron chi connectivity index (χ2n) is 4.43. The van der Waals surface area contributed by atoms with Gasteiger partial charge in [0, 0.05) is 11.9 Å². The molecule has 0 fully saturated rings. The molecular formula is C15H18N2O2S. The van der Waals surface area contributed by atoms with Crippen molar-refractivity contribution in [1.29, 1.82) is 0 Å². The van der Waals surface area contributed by atoms with Crippen molar-refractivity contribution in [1.82, 2.24) is 0 Å². The number of nitrogens with zero attached hydrogens (tertiary/aromatic N) is 1. The van der Waals surface area contributed by atoms with Crippen LogP contribution in [0.2, 0.25) is 0 Å². The van der Waals surface area contributed by atoms with Crippen molar-refractivity contribution in [2.24, 2.45) is 0 Å². The number of ether oxygens (including phenoxy) is 1. The Morgan fingerprint density at radius 3 is 2.85 bits per heavy atom. The Morgan fingerprint density at radius 1 is 1.40 bits per heavy atom. The maximum Gasteiger partial charge on any atom is 0.338 e. The summed E-state index contributed by atoms with van der Waals surface area (Å²) in [6.45, 7) is 2.91. The Bertz CT molecular complexity index is 582. The van der Waals surface area contributed by atoms with Crippen molar-refractivity contribution in [3.8, 4) is 0 Å². The summed E-state index contributed by atoms with van der Waals surface area (Å²) >= 11 is 1.70. The predicted octanol–water partition coefficient (Wildman–Crippen LogP) is 3.14. The van der Waals surface area contributed by atoms with Crippen LogP contribution in [-0.2, 0) is 11.3 Å². The number of nitrogens with two attached hydrogens (primary N) is 1. The molecule has 1 aromatic carbocycles. The van der Waals surface area contributed by atoms with Crippen molar-refractivity contribution in [2.75, 3.05) is 24.3 Å². The Kier molecular flexibility index (Phi) is 4.63. The SMILES string of the molecule is CCOC(=O)c1ccc(N)c(N(C)Cc2cccs2)c1. The minimum atomic E-state index is -0.321. The molecule has 0 amide bonds. The highest BCUT2D eigenvalue weighted by Gasteiger charge is 2.12. The monoisotopic (exact) mass is 290 g/mol.